The summed E-state index contributed by atoms with van der Waals surface area (Å²) in [5.41, 5.74) is 3.13. The van der Waals surface area contributed by atoms with Gasteiger partial charge in [0.05, 0.1) is 5.92 Å². The van der Waals surface area contributed by atoms with Crippen molar-refractivity contribution in [3.8, 4) is 0 Å². The average molecular weight is 381 g/mol. The Hall–Kier alpha value is -2.62. The number of anilines is 2. The summed E-state index contributed by atoms with van der Waals surface area (Å²) in [6.07, 6.45) is 1.04. The number of rotatable bonds is 6. The third kappa shape index (κ3) is 6.22. The lowest BCUT2D eigenvalue weighted by Gasteiger charge is -2.18. The SMILES string of the molecule is CC(C)Cc1ccc(C(C)C(=O)Nc2cccc(NC(=O)C(C)(C)C)c2)cc1. The predicted octanol–water partition coefficient (Wildman–Crippen LogP) is 5.61. The van der Waals surface area contributed by atoms with Crippen molar-refractivity contribution in [3.63, 3.8) is 0 Å². The molecule has 0 spiro atoms. The van der Waals surface area contributed by atoms with Crippen molar-refractivity contribution in [1.82, 2.24) is 0 Å². The van der Waals surface area contributed by atoms with Crippen LogP contribution in [0.15, 0.2) is 48.5 Å². The number of carbonyl (C=O) groups is 2. The molecule has 4 nitrogen and oxygen atoms in total. The Balaban J connectivity index is 2.04. The molecule has 150 valence electrons. The lowest BCUT2D eigenvalue weighted by Crippen LogP contribution is -2.27. The fourth-order valence-electron chi connectivity index (χ4n) is 2.81. The van der Waals surface area contributed by atoms with Crippen LogP contribution in [-0.2, 0) is 16.0 Å². The van der Waals surface area contributed by atoms with Crippen LogP contribution in [0.25, 0.3) is 0 Å². The Morgan fingerprint density at radius 1 is 0.893 bits per heavy atom. The molecule has 0 fully saturated rings. The van der Waals surface area contributed by atoms with Crippen LogP contribution in [0.1, 0.15) is 58.6 Å². The third-order valence-corrected chi connectivity index (χ3v) is 4.59. The summed E-state index contributed by atoms with van der Waals surface area (Å²) in [6, 6.07) is 15.5. The topological polar surface area (TPSA) is 58.2 Å². The molecule has 1 atom stereocenters. The minimum Gasteiger partial charge on any atom is -0.326 e. The summed E-state index contributed by atoms with van der Waals surface area (Å²) in [4.78, 5) is 24.8. The van der Waals surface area contributed by atoms with Gasteiger partial charge in [0.2, 0.25) is 11.8 Å². The predicted molar refractivity (Wildman–Crippen MR) is 117 cm³/mol. The van der Waals surface area contributed by atoms with E-state index in [9.17, 15) is 9.59 Å². The first kappa shape index (κ1) is 21.7. The van der Waals surface area contributed by atoms with E-state index in [4.69, 9.17) is 0 Å². The Morgan fingerprint density at radius 3 is 2.00 bits per heavy atom. The number of nitrogens with one attached hydrogen (secondary N) is 2. The van der Waals surface area contributed by atoms with Crippen molar-refractivity contribution in [1.29, 1.82) is 0 Å². The Morgan fingerprint density at radius 2 is 1.46 bits per heavy atom. The summed E-state index contributed by atoms with van der Waals surface area (Å²) in [5.74, 6) is 0.209. The molecule has 2 aromatic carbocycles. The molecule has 0 aliphatic heterocycles. The Bertz CT molecular complexity index is 817. The number of carbonyl (C=O) groups excluding carboxylic acids is 2. The second kappa shape index (κ2) is 9.05. The van der Waals surface area contributed by atoms with Gasteiger partial charge in [0, 0.05) is 16.8 Å². The molecule has 4 heteroatoms. The second-order valence-electron chi connectivity index (χ2n) is 8.84. The van der Waals surface area contributed by atoms with Gasteiger partial charge < -0.3 is 10.6 Å². The number of benzene rings is 2. The summed E-state index contributed by atoms with van der Waals surface area (Å²) >= 11 is 0. The molecular formula is C24H32N2O2. The zero-order valence-corrected chi connectivity index (χ0v) is 17.8. The Kier molecular flexibility index (Phi) is 7.00. The molecule has 2 aromatic rings. The fourth-order valence-corrected chi connectivity index (χ4v) is 2.81. The smallest absolute Gasteiger partial charge is 0.231 e. The highest BCUT2D eigenvalue weighted by atomic mass is 16.2. The van der Waals surface area contributed by atoms with Crippen LogP contribution in [0.5, 0.6) is 0 Å². The van der Waals surface area contributed by atoms with Gasteiger partial charge in [-0.15, -0.1) is 0 Å². The van der Waals surface area contributed by atoms with Gasteiger partial charge in [-0.1, -0.05) is 65.0 Å². The highest BCUT2D eigenvalue weighted by Crippen LogP contribution is 2.23. The third-order valence-electron chi connectivity index (χ3n) is 4.59. The monoisotopic (exact) mass is 380 g/mol. The molecule has 2 rings (SSSR count). The minimum absolute atomic E-state index is 0.0640. The summed E-state index contributed by atoms with van der Waals surface area (Å²) < 4.78 is 0. The largest absolute Gasteiger partial charge is 0.326 e. The van der Waals surface area contributed by atoms with Crippen molar-refractivity contribution in [2.45, 2.75) is 53.9 Å². The first-order chi connectivity index (χ1) is 13.1. The molecule has 2 amide bonds. The van der Waals surface area contributed by atoms with Gasteiger partial charge in [0.1, 0.15) is 0 Å². The van der Waals surface area contributed by atoms with Crippen LogP contribution in [0.3, 0.4) is 0 Å². The molecule has 28 heavy (non-hydrogen) atoms. The van der Waals surface area contributed by atoms with Crippen LogP contribution in [0, 0.1) is 11.3 Å². The van der Waals surface area contributed by atoms with Gasteiger partial charge in [-0.3, -0.25) is 9.59 Å². The first-order valence-corrected chi connectivity index (χ1v) is 9.87. The van der Waals surface area contributed by atoms with Gasteiger partial charge in [0.25, 0.3) is 0 Å². The summed E-state index contributed by atoms with van der Waals surface area (Å²) in [7, 11) is 0. The maximum atomic E-state index is 12.7. The van der Waals surface area contributed by atoms with Crippen LogP contribution >= 0.6 is 0 Å². The van der Waals surface area contributed by atoms with E-state index < -0.39 is 5.41 Å². The molecule has 0 saturated carbocycles. The van der Waals surface area contributed by atoms with Gasteiger partial charge in [-0.25, -0.2) is 0 Å². The number of amides is 2. The van der Waals surface area contributed by atoms with Gasteiger partial charge in [-0.05, 0) is 48.6 Å². The van der Waals surface area contributed by atoms with Crippen molar-refractivity contribution < 1.29 is 9.59 Å². The molecule has 0 heterocycles. The van der Waals surface area contributed by atoms with Crippen molar-refractivity contribution in [2.24, 2.45) is 11.3 Å². The maximum Gasteiger partial charge on any atom is 0.231 e. The normalized spacial score (nSPS) is 12.5. The number of hydrogen-bond donors (Lipinski definition) is 2. The quantitative estimate of drug-likeness (QED) is 0.684. The average Bonchev–Trinajstić information content (AvgIpc) is 2.60. The van der Waals surface area contributed by atoms with Crippen molar-refractivity contribution in [3.05, 3.63) is 59.7 Å². The minimum atomic E-state index is -0.477. The lowest BCUT2D eigenvalue weighted by molar-refractivity contribution is -0.123. The number of hydrogen-bond acceptors (Lipinski definition) is 2. The van der Waals surface area contributed by atoms with Gasteiger partial charge in [-0.2, -0.15) is 0 Å². The summed E-state index contributed by atoms with van der Waals surface area (Å²) in [6.45, 7) is 11.9. The van der Waals surface area contributed by atoms with E-state index in [0.29, 0.717) is 17.3 Å². The fraction of sp³-hybridized carbons (Fsp3) is 0.417. The van der Waals surface area contributed by atoms with E-state index in [1.54, 1.807) is 6.07 Å². The molecule has 0 bridgehead atoms. The zero-order valence-electron chi connectivity index (χ0n) is 17.8. The van der Waals surface area contributed by atoms with Crippen LogP contribution in [0.4, 0.5) is 11.4 Å². The molecule has 0 aliphatic rings. The molecule has 2 N–H and O–H groups in total. The van der Waals surface area contributed by atoms with Crippen LogP contribution in [0.2, 0.25) is 0 Å². The Labute approximate surface area is 168 Å². The molecule has 1 unspecified atom stereocenters. The van der Waals surface area contributed by atoms with Crippen molar-refractivity contribution in [2.75, 3.05) is 10.6 Å². The van der Waals surface area contributed by atoms with E-state index in [1.165, 1.54) is 5.56 Å². The van der Waals surface area contributed by atoms with Crippen LogP contribution < -0.4 is 10.6 Å². The lowest BCUT2D eigenvalue weighted by atomic mass is 9.95. The maximum absolute atomic E-state index is 12.7. The van der Waals surface area contributed by atoms with Gasteiger partial charge >= 0.3 is 0 Å². The summed E-state index contributed by atoms with van der Waals surface area (Å²) in [5, 5.41) is 5.84. The molecular weight excluding hydrogens is 348 g/mol. The zero-order chi connectivity index (χ0) is 20.9. The molecule has 0 radical (unpaired) electrons. The standard InChI is InChI=1S/C24H32N2O2/c1-16(2)14-18-10-12-19(13-11-18)17(3)22(27)25-20-8-7-9-21(15-20)26-23(28)24(4,5)6/h7-13,15-17H,14H2,1-6H3,(H,25,27)(H,26,28). The highest BCUT2D eigenvalue weighted by molar-refractivity contribution is 5.98. The van der Waals surface area contributed by atoms with E-state index >= 15 is 0 Å². The van der Waals surface area contributed by atoms with Gasteiger partial charge in [0.15, 0.2) is 0 Å². The molecule has 0 aromatic heterocycles. The molecule has 0 aliphatic carbocycles. The van der Waals surface area contributed by atoms with Crippen LogP contribution in [-0.4, -0.2) is 11.8 Å². The first-order valence-electron chi connectivity index (χ1n) is 9.87. The van der Waals surface area contributed by atoms with E-state index in [2.05, 4.69) is 36.6 Å². The van der Waals surface area contributed by atoms with E-state index in [0.717, 1.165) is 12.0 Å². The van der Waals surface area contributed by atoms with E-state index in [1.807, 2.05) is 58.0 Å². The van der Waals surface area contributed by atoms with E-state index in [-0.39, 0.29) is 17.7 Å². The second-order valence-corrected chi connectivity index (χ2v) is 8.84. The van der Waals surface area contributed by atoms with Crippen molar-refractivity contribution >= 4 is 23.2 Å². The molecule has 0 saturated heterocycles. The highest BCUT2D eigenvalue weighted by Gasteiger charge is 2.21.